The van der Waals surface area contributed by atoms with Gasteiger partial charge in [0.25, 0.3) is 0 Å². The maximum Gasteiger partial charge on any atom is 0.336 e. The molecule has 1 N–H and O–H groups in total. The van der Waals surface area contributed by atoms with Crippen molar-refractivity contribution in [3.8, 4) is 5.75 Å². The zero-order chi connectivity index (χ0) is 21.9. The number of dihydropyridines is 1. The number of benzene rings is 1. The minimum Gasteiger partial charge on any atom is -0.497 e. The lowest BCUT2D eigenvalue weighted by Gasteiger charge is -2.39. The lowest BCUT2D eigenvalue weighted by atomic mass is 9.68. The number of methoxy groups -OCH3 is 1. The van der Waals surface area contributed by atoms with Gasteiger partial charge in [-0.2, -0.15) is 0 Å². The molecule has 5 nitrogen and oxygen atoms in total. The Morgan fingerprint density at radius 3 is 2.50 bits per heavy atom. The summed E-state index contributed by atoms with van der Waals surface area (Å²) in [6.07, 6.45) is 4.18. The molecule has 0 saturated heterocycles. The van der Waals surface area contributed by atoms with Gasteiger partial charge in [-0.25, -0.2) is 4.79 Å². The van der Waals surface area contributed by atoms with E-state index in [9.17, 15) is 9.59 Å². The van der Waals surface area contributed by atoms with Gasteiger partial charge in [-0.05, 0) is 42.9 Å². The number of allylic oxidation sites excluding steroid dienone is 3. The monoisotopic (exact) mass is 411 g/mol. The molecule has 0 bridgehead atoms. The van der Waals surface area contributed by atoms with Crippen molar-refractivity contribution in [1.82, 2.24) is 5.32 Å². The Kier molecular flexibility index (Phi) is 6.69. The van der Waals surface area contributed by atoms with Gasteiger partial charge in [0.05, 0.1) is 19.3 Å². The number of hydrogen-bond acceptors (Lipinski definition) is 5. The van der Waals surface area contributed by atoms with Crippen LogP contribution in [0, 0.1) is 5.41 Å². The number of nitrogens with one attached hydrogen (secondary N) is 1. The average Bonchev–Trinajstić information content (AvgIpc) is 2.69. The van der Waals surface area contributed by atoms with Crippen molar-refractivity contribution in [2.24, 2.45) is 5.41 Å². The predicted molar refractivity (Wildman–Crippen MR) is 117 cm³/mol. The third-order valence-corrected chi connectivity index (χ3v) is 5.89. The zero-order valence-electron chi connectivity index (χ0n) is 18.8. The fourth-order valence-corrected chi connectivity index (χ4v) is 4.43. The van der Waals surface area contributed by atoms with Crippen molar-refractivity contribution < 1.29 is 19.1 Å². The molecule has 1 aliphatic carbocycles. The van der Waals surface area contributed by atoms with Gasteiger partial charge in [-0.3, -0.25) is 4.79 Å². The fourth-order valence-electron chi connectivity index (χ4n) is 4.43. The third kappa shape index (κ3) is 4.61. The Morgan fingerprint density at radius 2 is 1.87 bits per heavy atom. The summed E-state index contributed by atoms with van der Waals surface area (Å²) in [6.45, 7) is 8.62. The molecule has 1 aromatic rings. The van der Waals surface area contributed by atoms with Crippen molar-refractivity contribution >= 4 is 11.8 Å². The van der Waals surface area contributed by atoms with Crippen LogP contribution in [0.1, 0.15) is 71.3 Å². The molecule has 30 heavy (non-hydrogen) atoms. The summed E-state index contributed by atoms with van der Waals surface area (Å²) < 4.78 is 10.9. The van der Waals surface area contributed by atoms with E-state index >= 15 is 0 Å². The molecule has 1 atom stereocenters. The Hall–Kier alpha value is -2.56. The van der Waals surface area contributed by atoms with Crippen molar-refractivity contribution in [3.63, 3.8) is 0 Å². The molecule has 0 fully saturated rings. The van der Waals surface area contributed by atoms with Crippen LogP contribution in [0.3, 0.4) is 0 Å². The van der Waals surface area contributed by atoms with Gasteiger partial charge in [0, 0.05) is 29.3 Å². The van der Waals surface area contributed by atoms with Gasteiger partial charge in [-0.15, -0.1) is 0 Å². The van der Waals surface area contributed by atoms with Crippen LogP contribution in [-0.2, 0) is 14.3 Å². The van der Waals surface area contributed by atoms with Gasteiger partial charge in [0.15, 0.2) is 5.78 Å². The van der Waals surface area contributed by atoms with Crippen LogP contribution >= 0.6 is 0 Å². The Morgan fingerprint density at radius 1 is 1.17 bits per heavy atom. The number of hydrogen-bond donors (Lipinski definition) is 1. The number of esters is 1. The molecule has 0 unspecified atom stereocenters. The maximum absolute atomic E-state index is 13.2. The minimum atomic E-state index is -0.422. The largest absolute Gasteiger partial charge is 0.497 e. The summed E-state index contributed by atoms with van der Waals surface area (Å²) in [6, 6.07) is 7.61. The van der Waals surface area contributed by atoms with Gasteiger partial charge in [-0.1, -0.05) is 45.7 Å². The molecule has 0 spiro atoms. The topological polar surface area (TPSA) is 64.6 Å². The molecular weight excluding hydrogens is 378 g/mol. The Bertz CT molecular complexity index is 877. The van der Waals surface area contributed by atoms with E-state index in [0.717, 1.165) is 48.4 Å². The van der Waals surface area contributed by atoms with Crippen LogP contribution < -0.4 is 10.1 Å². The first-order valence-corrected chi connectivity index (χ1v) is 10.8. The molecule has 0 radical (unpaired) electrons. The van der Waals surface area contributed by atoms with E-state index in [1.807, 2.05) is 31.2 Å². The molecule has 1 aromatic carbocycles. The highest BCUT2D eigenvalue weighted by molar-refractivity contribution is 6.04. The van der Waals surface area contributed by atoms with Crippen LogP contribution in [0.25, 0.3) is 0 Å². The predicted octanol–water partition coefficient (Wildman–Crippen LogP) is 5.03. The number of ether oxygens (including phenoxy) is 2. The highest BCUT2D eigenvalue weighted by atomic mass is 16.5. The van der Waals surface area contributed by atoms with Crippen LogP contribution in [0.2, 0.25) is 0 Å². The smallest absolute Gasteiger partial charge is 0.336 e. The molecule has 162 valence electrons. The Labute approximate surface area is 179 Å². The molecule has 0 saturated carbocycles. The van der Waals surface area contributed by atoms with Crippen molar-refractivity contribution in [2.45, 2.75) is 65.7 Å². The van der Waals surface area contributed by atoms with E-state index in [0.29, 0.717) is 24.2 Å². The zero-order valence-corrected chi connectivity index (χ0v) is 18.8. The summed E-state index contributed by atoms with van der Waals surface area (Å²) in [5, 5.41) is 3.37. The summed E-state index contributed by atoms with van der Waals surface area (Å²) in [7, 11) is 1.62. The van der Waals surface area contributed by atoms with Gasteiger partial charge in [0.1, 0.15) is 5.75 Å². The van der Waals surface area contributed by atoms with Crippen molar-refractivity contribution in [3.05, 3.63) is 52.4 Å². The van der Waals surface area contributed by atoms with E-state index in [1.165, 1.54) is 0 Å². The molecular formula is C25H33NO4. The van der Waals surface area contributed by atoms with E-state index in [-0.39, 0.29) is 17.2 Å². The average molecular weight is 412 g/mol. The second-order valence-corrected chi connectivity index (χ2v) is 9.05. The molecule has 3 rings (SSSR count). The summed E-state index contributed by atoms with van der Waals surface area (Å²) >= 11 is 0. The normalized spacial score (nSPS) is 20.6. The summed E-state index contributed by atoms with van der Waals surface area (Å²) in [5.74, 6) is 0.0660. The highest BCUT2D eigenvalue weighted by Crippen LogP contribution is 2.46. The number of ketones is 1. The van der Waals surface area contributed by atoms with Crippen LogP contribution in [0.15, 0.2) is 46.8 Å². The first kappa shape index (κ1) is 22.1. The molecule has 0 amide bonds. The lowest BCUT2D eigenvalue weighted by Crippen LogP contribution is -2.38. The molecule has 1 aliphatic heterocycles. The number of Topliss-reactive ketones (excluding diaryl/α,β-unsaturated/α-hetero) is 1. The first-order chi connectivity index (χ1) is 14.3. The maximum atomic E-state index is 13.2. The molecule has 1 heterocycles. The van der Waals surface area contributed by atoms with E-state index in [4.69, 9.17) is 9.47 Å². The summed E-state index contributed by atoms with van der Waals surface area (Å²) in [4.78, 5) is 26.3. The highest BCUT2D eigenvalue weighted by Gasteiger charge is 2.43. The second-order valence-electron chi connectivity index (χ2n) is 9.05. The SMILES string of the molecule is CCCCCOC(=O)C1=C(C)NC2=C(C(=O)CC(C)(C)C2)[C@H]1c1ccc(OC)cc1. The fraction of sp³-hybridized carbons (Fsp3) is 0.520. The Balaban J connectivity index is 2.02. The number of rotatable bonds is 7. The van der Waals surface area contributed by atoms with E-state index < -0.39 is 5.92 Å². The number of carbonyl (C=O) groups is 2. The van der Waals surface area contributed by atoms with Crippen molar-refractivity contribution in [2.75, 3.05) is 13.7 Å². The van der Waals surface area contributed by atoms with E-state index in [2.05, 4.69) is 26.1 Å². The standard InChI is InChI=1S/C25H33NO4/c1-6-7-8-13-30-24(28)21-16(2)26-19-14-25(3,4)15-20(27)23(19)22(21)17-9-11-18(29-5)12-10-17/h9-12,22,26H,6-8,13-15H2,1-5H3/t22-/m0/s1. The van der Waals surface area contributed by atoms with Crippen LogP contribution in [-0.4, -0.2) is 25.5 Å². The quantitative estimate of drug-likeness (QED) is 0.503. The number of unbranched alkanes of at least 4 members (excludes halogenated alkanes) is 2. The molecule has 0 aromatic heterocycles. The molecule has 5 heteroatoms. The lowest BCUT2D eigenvalue weighted by molar-refractivity contribution is -0.139. The number of carbonyl (C=O) groups excluding carboxylic acids is 2. The minimum absolute atomic E-state index is 0.0957. The van der Waals surface area contributed by atoms with Crippen molar-refractivity contribution in [1.29, 1.82) is 0 Å². The van der Waals surface area contributed by atoms with Gasteiger partial charge in [0.2, 0.25) is 0 Å². The first-order valence-electron chi connectivity index (χ1n) is 10.8. The summed E-state index contributed by atoms with van der Waals surface area (Å²) in [5.41, 5.74) is 3.72. The van der Waals surface area contributed by atoms with Gasteiger partial charge >= 0.3 is 5.97 Å². The third-order valence-electron chi connectivity index (χ3n) is 5.89. The molecule has 2 aliphatic rings. The van der Waals surface area contributed by atoms with E-state index in [1.54, 1.807) is 7.11 Å². The van der Waals surface area contributed by atoms with Crippen LogP contribution in [0.5, 0.6) is 5.75 Å². The van der Waals surface area contributed by atoms with Gasteiger partial charge < -0.3 is 14.8 Å². The second kappa shape index (κ2) is 9.07. The van der Waals surface area contributed by atoms with Crippen LogP contribution in [0.4, 0.5) is 0 Å².